The number of nitrogens with one attached hydrogen (secondary N) is 1. The Labute approximate surface area is 105 Å². The van der Waals surface area contributed by atoms with Crippen LogP contribution in [-0.2, 0) is 16.0 Å². The van der Waals surface area contributed by atoms with Crippen LogP contribution < -0.4 is 5.32 Å². The van der Waals surface area contributed by atoms with Crippen molar-refractivity contribution in [3.63, 3.8) is 0 Å². The maximum Gasteiger partial charge on any atom is 0.227 e. The minimum Gasteiger partial charge on any atom is -0.395 e. The first-order valence-electron chi connectivity index (χ1n) is 5.25. The van der Waals surface area contributed by atoms with Crippen LogP contribution in [0.5, 0.6) is 0 Å². The Kier molecular flexibility index (Phi) is 5.66. The highest BCUT2D eigenvalue weighted by Crippen LogP contribution is 2.10. The van der Waals surface area contributed by atoms with E-state index in [1.165, 1.54) is 0 Å². The van der Waals surface area contributed by atoms with E-state index in [1.54, 1.807) is 24.3 Å². The van der Waals surface area contributed by atoms with Crippen LogP contribution in [0.3, 0.4) is 0 Å². The van der Waals surface area contributed by atoms with Crippen LogP contribution in [0.2, 0.25) is 5.02 Å². The fourth-order valence-electron chi connectivity index (χ4n) is 1.33. The predicted molar refractivity (Wildman–Crippen MR) is 64.9 cm³/mol. The summed E-state index contributed by atoms with van der Waals surface area (Å²) in [6.07, 6.45) is 0.0480. The lowest BCUT2D eigenvalue weighted by atomic mass is 10.1. The van der Waals surface area contributed by atoms with Gasteiger partial charge in [0, 0.05) is 18.0 Å². The Balaban J connectivity index is 2.39. The molecule has 0 aromatic heterocycles. The first kappa shape index (κ1) is 13.7. The maximum atomic E-state index is 11.5. The van der Waals surface area contributed by atoms with Gasteiger partial charge >= 0.3 is 0 Å². The smallest absolute Gasteiger partial charge is 0.227 e. The summed E-state index contributed by atoms with van der Waals surface area (Å²) < 4.78 is 0. The molecule has 0 aliphatic heterocycles. The van der Waals surface area contributed by atoms with E-state index in [1.807, 2.05) is 0 Å². The van der Waals surface area contributed by atoms with E-state index in [2.05, 4.69) is 5.32 Å². The third kappa shape index (κ3) is 5.47. The van der Waals surface area contributed by atoms with E-state index in [4.69, 9.17) is 16.7 Å². The quantitative estimate of drug-likeness (QED) is 0.744. The minimum atomic E-state index is -0.363. The number of amides is 1. The molecule has 0 spiro atoms. The van der Waals surface area contributed by atoms with E-state index in [-0.39, 0.29) is 37.7 Å². The Morgan fingerprint density at radius 1 is 1.24 bits per heavy atom. The average Bonchev–Trinajstić information content (AvgIpc) is 2.29. The van der Waals surface area contributed by atoms with Gasteiger partial charge in [-0.15, -0.1) is 0 Å². The van der Waals surface area contributed by atoms with E-state index >= 15 is 0 Å². The van der Waals surface area contributed by atoms with E-state index in [9.17, 15) is 9.59 Å². The predicted octanol–water partition coefficient (Wildman–Crippen LogP) is 0.950. The van der Waals surface area contributed by atoms with Gasteiger partial charge in [0.25, 0.3) is 0 Å². The van der Waals surface area contributed by atoms with Crippen molar-refractivity contribution in [2.24, 2.45) is 0 Å². The van der Waals surface area contributed by atoms with Crippen molar-refractivity contribution in [2.45, 2.75) is 12.8 Å². The van der Waals surface area contributed by atoms with Crippen LogP contribution >= 0.6 is 11.6 Å². The highest BCUT2D eigenvalue weighted by molar-refractivity contribution is 6.30. The third-order valence-corrected chi connectivity index (χ3v) is 2.36. The normalized spacial score (nSPS) is 10.0. The molecule has 0 radical (unpaired) electrons. The number of ketones is 1. The van der Waals surface area contributed by atoms with Crippen LogP contribution in [0.15, 0.2) is 24.3 Å². The van der Waals surface area contributed by atoms with Crippen molar-refractivity contribution in [3.05, 3.63) is 34.9 Å². The van der Waals surface area contributed by atoms with Gasteiger partial charge in [-0.25, -0.2) is 0 Å². The number of carbonyl (C=O) groups is 2. The van der Waals surface area contributed by atoms with Crippen LogP contribution in [0.4, 0.5) is 0 Å². The number of halogens is 1. The minimum absolute atomic E-state index is 0.128. The van der Waals surface area contributed by atoms with Gasteiger partial charge in [0.2, 0.25) is 5.91 Å². The zero-order valence-electron chi connectivity index (χ0n) is 9.28. The Bertz CT molecular complexity index is 389. The summed E-state index contributed by atoms with van der Waals surface area (Å²) >= 11 is 5.72. The second-order valence-corrected chi connectivity index (χ2v) is 4.03. The SMILES string of the molecule is O=C(CC(=O)NCCO)Cc1ccc(Cl)cc1. The topological polar surface area (TPSA) is 66.4 Å². The Hall–Kier alpha value is -1.39. The molecule has 2 N–H and O–H groups in total. The van der Waals surface area contributed by atoms with Gasteiger partial charge in [0.15, 0.2) is 0 Å². The largest absolute Gasteiger partial charge is 0.395 e. The molecular weight excluding hydrogens is 242 g/mol. The molecule has 92 valence electrons. The summed E-state index contributed by atoms with van der Waals surface area (Å²) in [7, 11) is 0. The number of rotatable bonds is 6. The number of hydrogen-bond acceptors (Lipinski definition) is 3. The summed E-state index contributed by atoms with van der Waals surface area (Å²) in [6, 6.07) is 6.92. The van der Waals surface area contributed by atoms with Gasteiger partial charge in [0.1, 0.15) is 5.78 Å². The number of aliphatic hydroxyl groups excluding tert-OH is 1. The summed E-state index contributed by atoms with van der Waals surface area (Å²) in [5.74, 6) is -0.527. The molecule has 4 nitrogen and oxygen atoms in total. The molecule has 0 fully saturated rings. The van der Waals surface area contributed by atoms with E-state index < -0.39 is 0 Å². The molecule has 5 heteroatoms. The molecule has 0 unspecified atom stereocenters. The lowest BCUT2D eigenvalue weighted by Gasteiger charge is -2.03. The summed E-state index contributed by atoms with van der Waals surface area (Å²) in [4.78, 5) is 22.7. The molecule has 17 heavy (non-hydrogen) atoms. The summed E-state index contributed by atoms with van der Waals surface area (Å²) in [5, 5.41) is 11.5. The molecule has 1 rings (SSSR count). The summed E-state index contributed by atoms with van der Waals surface area (Å²) in [6.45, 7) is 0.0458. The molecule has 0 heterocycles. The highest BCUT2D eigenvalue weighted by Gasteiger charge is 2.09. The highest BCUT2D eigenvalue weighted by atomic mass is 35.5. The van der Waals surface area contributed by atoms with Gasteiger partial charge in [-0.3, -0.25) is 9.59 Å². The first-order valence-corrected chi connectivity index (χ1v) is 5.63. The fraction of sp³-hybridized carbons (Fsp3) is 0.333. The lowest BCUT2D eigenvalue weighted by molar-refractivity contribution is -0.127. The van der Waals surface area contributed by atoms with Gasteiger partial charge in [-0.05, 0) is 17.7 Å². The first-order chi connectivity index (χ1) is 8.11. The standard InChI is InChI=1S/C12H14ClNO3/c13-10-3-1-9(2-4-10)7-11(16)8-12(17)14-5-6-15/h1-4,15H,5-8H2,(H,14,17). The van der Waals surface area contributed by atoms with E-state index in [0.29, 0.717) is 5.02 Å². The van der Waals surface area contributed by atoms with Crippen LogP contribution in [0.1, 0.15) is 12.0 Å². The molecular formula is C12H14ClNO3. The maximum absolute atomic E-state index is 11.5. The van der Waals surface area contributed by atoms with Crippen molar-refractivity contribution in [2.75, 3.05) is 13.2 Å². The Morgan fingerprint density at radius 2 is 1.88 bits per heavy atom. The lowest BCUT2D eigenvalue weighted by Crippen LogP contribution is -2.28. The molecule has 0 bridgehead atoms. The number of carbonyl (C=O) groups excluding carboxylic acids is 2. The Morgan fingerprint density at radius 3 is 2.47 bits per heavy atom. The second-order valence-electron chi connectivity index (χ2n) is 3.59. The molecule has 0 saturated carbocycles. The van der Waals surface area contributed by atoms with Gasteiger partial charge in [-0.1, -0.05) is 23.7 Å². The molecule has 1 amide bonds. The zero-order valence-corrected chi connectivity index (χ0v) is 10.0. The third-order valence-electron chi connectivity index (χ3n) is 2.11. The molecule has 0 aliphatic rings. The van der Waals surface area contributed by atoms with Crippen LogP contribution in [0.25, 0.3) is 0 Å². The van der Waals surface area contributed by atoms with E-state index in [0.717, 1.165) is 5.56 Å². The van der Waals surface area contributed by atoms with Gasteiger partial charge in [0.05, 0.1) is 13.0 Å². The van der Waals surface area contributed by atoms with Crippen LogP contribution in [-0.4, -0.2) is 29.9 Å². The average molecular weight is 256 g/mol. The molecule has 1 aromatic rings. The second kappa shape index (κ2) is 7.04. The van der Waals surface area contributed by atoms with Crippen molar-refractivity contribution in [1.29, 1.82) is 0 Å². The van der Waals surface area contributed by atoms with Gasteiger partial charge < -0.3 is 10.4 Å². The molecule has 0 saturated heterocycles. The molecule has 0 atom stereocenters. The summed E-state index contributed by atoms with van der Waals surface area (Å²) in [5.41, 5.74) is 0.828. The number of hydrogen-bond donors (Lipinski definition) is 2. The van der Waals surface area contributed by atoms with Gasteiger partial charge in [-0.2, -0.15) is 0 Å². The van der Waals surface area contributed by atoms with Crippen molar-refractivity contribution >= 4 is 23.3 Å². The monoisotopic (exact) mass is 255 g/mol. The molecule has 1 aromatic carbocycles. The van der Waals surface area contributed by atoms with Crippen LogP contribution in [0, 0.1) is 0 Å². The van der Waals surface area contributed by atoms with Crippen molar-refractivity contribution < 1.29 is 14.7 Å². The fourth-order valence-corrected chi connectivity index (χ4v) is 1.46. The zero-order chi connectivity index (χ0) is 12.7. The number of aliphatic hydroxyl groups is 1. The number of Topliss-reactive ketones (excluding diaryl/α,β-unsaturated/α-hetero) is 1. The molecule has 0 aliphatic carbocycles. The van der Waals surface area contributed by atoms with Crippen molar-refractivity contribution in [1.82, 2.24) is 5.32 Å². The number of benzene rings is 1. The van der Waals surface area contributed by atoms with Crippen molar-refractivity contribution in [3.8, 4) is 0 Å².